The molecule has 0 aromatic carbocycles. The van der Waals surface area contributed by atoms with Crippen molar-refractivity contribution in [2.75, 3.05) is 30.8 Å². The first-order chi connectivity index (χ1) is 9.06. The molecule has 19 heavy (non-hydrogen) atoms. The Labute approximate surface area is 115 Å². The normalized spacial score (nSPS) is 18.5. The second-order valence-electron chi connectivity index (χ2n) is 5.86. The molecule has 0 atom stereocenters. The van der Waals surface area contributed by atoms with Crippen LogP contribution in [0.2, 0.25) is 0 Å². The minimum absolute atomic E-state index is 0.292. The number of nitrogens with two attached hydrogens (primary N) is 1. The van der Waals surface area contributed by atoms with Crippen LogP contribution >= 0.6 is 0 Å². The van der Waals surface area contributed by atoms with E-state index >= 15 is 0 Å². The molecule has 1 aromatic heterocycles. The average molecular weight is 266 g/mol. The van der Waals surface area contributed by atoms with Crippen molar-refractivity contribution in [3.63, 3.8) is 0 Å². The van der Waals surface area contributed by atoms with E-state index in [2.05, 4.69) is 24.3 Å². The molecule has 2 rings (SSSR count). The molecular formula is C14H26N4O. The molecule has 0 spiro atoms. The summed E-state index contributed by atoms with van der Waals surface area (Å²) in [6.45, 7) is 7.10. The molecule has 0 radical (unpaired) electrons. The summed E-state index contributed by atoms with van der Waals surface area (Å²) >= 11 is 0. The maximum Gasteiger partial charge on any atom is 0.147 e. The van der Waals surface area contributed by atoms with Crippen LogP contribution in [0, 0.1) is 5.41 Å². The molecule has 108 valence electrons. The standard InChI is InChI=1S/C14H26N4O/c1-4-5-11-12(15)13(18(3)17-11)16-10-14(2)6-8-19-9-7-14/h16H,4-10,15H2,1-3H3. The Hall–Kier alpha value is -1.23. The van der Waals surface area contributed by atoms with Gasteiger partial charge in [-0.3, -0.25) is 4.68 Å². The molecule has 1 aliphatic heterocycles. The summed E-state index contributed by atoms with van der Waals surface area (Å²) in [6.07, 6.45) is 4.20. The van der Waals surface area contributed by atoms with E-state index in [-0.39, 0.29) is 0 Å². The smallest absolute Gasteiger partial charge is 0.147 e. The molecule has 0 aliphatic carbocycles. The molecule has 0 saturated carbocycles. The van der Waals surface area contributed by atoms with Crippen molar-refractivity contribution in [2.45, 2.75) is 39.5 Å². The van der Waals surface area contributed by atoms with Crippen molar-refractivity contribution in [1.29, 1.82) is 0 Å². The fourth-order valence-electron chi connectivity index (χ4n) is 2.57. The van der Waals surface area contributed by atoms with Gasteiger partial charge >= 0.3 is 0 Å². The molecule has 1 aliphatic rings. The molecule has 3 N–H and O–H groups in total. The maximum atomic E-state index is 6.18. The summed E-state index contributed by atoms with van der Waals surface area (Å²) in [5.74, 6) is 0.955. The second-order valence-corrected chi connectivity index (χ2v) is 5.86. The summed E-state index contributed by atoms with van der Waals surface area (Å²) < 4.78 is 7.29. The van der Waals surface area contributed by atoms with E-state index in [1.165, 1.54) is 0 Å². The minimum atomic E-state index is 0.292. The Kier molecular flexibility index (Phi) is 4.34. The number of rotatable bonds is 5. The van der Waals surface area contributed by atoms with E-state index in [4.69, 9.17) is 10.5 Å². The lowest BCUT2D eigenvalue weighted by Crippen LogP contribution is -2.33. The Morgan fingerprint density at radius 1 is 1.42 bits per heavy atom. The molecular weight excluding hydrogens is 240 g/mol. The topological polar surface area (TPSA) is 65.1 Å². The number of aromatic nitrogens is 2. The molecule has 1 aromatic rings. The molecule has 0 bridgehead atoms. The maximum absolute atomic E-state index is 6.18. The second kappa shape index (κ2) is 5.82. The van der Waals surface area contributed by atoms with Gasteiger partial charge in [0.1, 0.15) is 5.82 Å². The number of aryl methyl sites for hydroxylation is 2. The van der Waals surface area contributed by atoms with Crippen molar-refractivity contribution in [2.24, 2.45) is 12.5 Å². The zero-order valence-corrected chi connectivity index (χ0v) is 12.3. The first-order valence-electron chi connectivity index (χ1n) is 7.19. The molecule has 0 unspecified atom stereocenters. The minimum Gasteiger partial charge on any atom is -0.394 e. The van der Waals surface area contributed by atoms with Crippen molar-refractivity contribution in [3.05, 3.63) is 5.69 Å². The highest BCUT2D eigenvalue weighted by molar-refractivity contribution is 5.65. The van der Waals surface area contributed by atoms with Gasteiger partial charge in [0.25, 0.3) is 0 Å². The van der Waals surface area contributed by atoms with Gasteiger partial charge in [-0.1, -0.05) is 20.3 Å². The summed E-state index contributed by atoms with van der Waals surface area (Å²) in [6, 6.07) is 0. The number of nitrogens with one attached hydrogen (secondary N) is 1. The third-order valence-corrected chi connectivity index (χ3v) is 4.03. The molecule has 1 saturated heterocycles. The van der Waals surface area contributed by atoms with Crippen LogP contribution in [0.1, 0.15) is 38.8 Å². The molecule has 2 heterocycles. The summed E-state index contributed by atoms with van der Waals surface area (Å²) in [7, 11) is 1.95. The van der Waals surface area contributed by atoms with Gasteiger partial charge in [-0.05, 0) is 24.7 Å². The third-order valence-electron chi connectivity index (χ3n) is 4.03. The van der Waals surface area contributed by atoms with Gasteiger partial charge in [0.15, 0.2) is 0 Å². The van der Waals surface area contributed by atoms with Crippen molar-refractivity contribution >= 4 is 11.5 Å². The predicted molar refractivity (Wildman–Crippen MR) is 78.3 cm³/mol. The molecule has 1 fully saturated rings. The van der Waals surface area contributed by atoms with Crippen molar-refractivity contribution < 1.29 is 4.74 Å². The highest BCUT2D eigenvalue weighted by atomic mass is 16.5. The number of anilines is 2. The zero-order valence-electron chi connectivity index (χ0n) is 12.3. The Morgan fingerprint density at radius 3 is 2.74 bits per heavy atom. The van der Waals surface area contributed by atoms with Gasteiger partial charge in [0.2, 0.25) is 0 Å². The molecule has 5 nitrogen and oxygen atoms in total. The first kappa shape index (κ1) is 14.2. The number of nitrogen functional groups attached to an aromatic ring is 1. The summed E-state index contributed by atoms with van der Waals surface area (Å²) in [4.78, 5) is 0. The van der Waals surface area contributed by atoms with E-state index in [0.29, 0.717) is 5.41 Å². The van der Waals surface area contributed by atoms with Crippen LogP contribution in [-0.4, -0.2) is 29.5 Å². The monoisotopic (exact) mass is 266 g/mol. The number of hydrogen-bond donors (Lipinski definition) is 2. The molecule has 0 amide bonds. The van der Waals surface area contributed by atoms with Crippen LogP contribution in [0.4, 0.5) is 11.5 Å². The first-order valence-corrected chi connectivity index (χ1v) is 7.19. The van der Waals surface area contributed by atoms with E-state index < -0.39 is 0 Å². The van der Waals surface area contributed by atoms with E-state index in [9.17, 15) is 0 Å². The quantitative estimate of drug-likeness (QED) is 0.857. The van der Waals surface area contributed by atoms with E-state index in [1.54, 1.807) is 0 Å². The van der Waals surface area contributed by atoms with Crippen LogP contribution < -0.4 is 11.1 Å². The Bertz CT molecular complexity index is 421. The highest BCUT2D eigenvalue weighted by Crippen LogP contribution is 2.31. The van der Waals surface area contributed by atoms with Crippen LogP contribution in [-0.2, 0) is 18.2 Å². The predicted octanol–water partition coefficient (Wildman–Crippen LogP) is 2.18. The van der Waals surface area contributed by atoms with Crippen molar-refractivity contribution in [1.82, 2.24) is 9.78 Å². The largest absolute Gasteiger partial charge is 0.394 e. The Morgan fingerprint density at radius 2 is 2.11 bits per heavy atom. The fourth-order valence-corrected chi connectivity index (χ4v) is 2.57. The van der Waals surface area contributed by atoms with Gasteiger partial charge in [-0.2, -0.15) is 5.10 Å². The van der Waals surface area contributed by atoms with E-state index in [0.717, 1.165) is 62.6 Å². The number of ether oxygens (including phenoxy) is 1. The van der Waals surface area contributed by atoms with Crippen LogP contribution in [0.3, 0.4) is 0 Å². The van der Waals surface area contributed by atoms with Crippen molar-refractivity contribution in [3.8, 4) is 0 Å². The van der Waals surface area contributed by atoms with E-state index in [1.807, 2.05) is 11.7 Å². The number of nitrogens with zero attached hydrogens (tertiary/aromatic N) is 2. The number of hydrogen-bond acceptors (Lipinski definition) is 4. The lowest BCUT2D eigenvalue weighted by Gasteiger charge is -2.33. The zero-order chi connectivity index (χ0) is 13.9. The van der Waals surface area contributed by atoms with Gasteiger partial charge in [-0.15, -0.1) is 0 Å². The third kappa shape index (κ3) is 3.21. The lowest BCUT2D eigenvalue weighted by molar-refractivity contribution is 0.0299. The fraction of sp³-hybridized carbons (Fsp3) is 0.786. The SMILES string of the molecule is CCCc1nn(C)c(NCC2(C)CCOCC2)c1N. The molecule has 5 heteroatoms. The summed E-state index contributed by atoms with van der Waals surface area (Å²) in [5, 5.41) is 7.98. The van der Waals surface area contributed by atoms with Crippen LogP contribution in [0.15, 0.2) is 0 Å². The van der Waals surface area contributed by atoms with Crippen LogP contribution in [0.5, 0.6) is 0 Å². The average Bonchev–Trinajstić information content (AvgIpc) is 2.64. The highest BCUT2D eigenvalue weighted by Gasteiger charge is 2.27. The van der Waals surface area contributed by atoms with Gasteiger partial charge in [-0.25, -0.2) is 0 Å². The lowest BCUT2D eigenvalue weighted by atomic mass is 9.82. The van der Waals surface area contributed by atoms with Gasteiger partial charge in [0, 0.05) is 26.8 Å². The van der Waals surface area contributed by atoms with Crippen LogP contribution in [0.25, 0.3) is 0 Å². The summed E-state index contributed by atoms with van der Waals surface area (Å²) in [5.41, 5.74) is 8.28. The Balaban J connectivity index is 2.02. The van der Waals surface area contributed by atoms with Gasteiger partial charge < -0.3 is 15.8 Å². The van der Waals surface area contributed by atoms with Gasteiger partial charge in [0.05, 0.1) is 11.4 Å².